The van der Waals surface area contributed by atoms with Gasteiger partial charge in [0.1, 0.15) is 23.2 Å². The molecule has 0 aliphatic carbocycles. The van der Waals surface area contributed by atoms with Crippen molar-refractivity contribution in [1.29, 1.82) is 0 Å². The molecule has 2 amide bonds. The lowest BCUT2D eigenvalue weighted by atomic mass is 10.0. The molecule has 2 unspecified atom stereocenters. The molecule has 24 heavy (non-hydrogen) atoms. The van der Waals surface area contributed by atoms with Gasteiger partial charge < -0.3 is 15.7 Å². The van der Waals surface area contributed by atoms with Crippen molar-refractivity contribution < 1.29 is 23.5 Å². The van der Waals surface area contributed by atoms with Gasteiger partial charge in [-0.05, 0) is 30.4 Å². The number of nitrogens with one attached hydrogen (secondary N) is 2. The summed E-state index contributed by atoms with van der Waals surface area (Å²) in [6.45, 7) is 5.67. The molecule has 0 fully saturated rings. The third kappa shape index (κ3) is 5.56. The number of carbonyl (C=O) groups excluding carboxylic acids is 2. The Morgan fingerprint density at radius 1 is 1.17 bits per heavy atom. The summed E-state index contributed by atoms with van der Waals surface area (Å²) in [6.07, 6.45) is 0.541. The summed E-state index contributed by atoms with van der Waals surface area (Å²) < 4.78 is 27.3. The van der Waals surface area contributed by atoms with Crippen molar-refractivity contribution in [3.05, 3.63) is 35.4 Å². The summed E-state index contributed by atoms with van der Waals surface area (Å²) in [5.41, 5.74) is -0.704. The first kappa shape index (κ1) is 20.0. The Morgan fingerprint density at radius 2 is 1.75 bits per heavy atom. The fourth-order valence-electron chi connectivity index (χ4n) is 2.17. The summed E-state index contributed by atoms with van der Waals surface area (Å²) in [5, 5.41) is 13.9. The van der Waals surface area contributed by atoms with Crippen LogP contribution in [-0.2, 0) is 4.79 Å². The SMILES string of the molecule is CC(CCO)CNC(=O)C(NC(=O)c1c(F)cccc1F)C(C)C. The molecule has 1 rings (SSSR count). The Kier molecular flexibility index (Phi) is 7.78. The van der Waals surface area contributed by atoms with Crippen LogP contribution in [-0.4, -0.2) is 36.1 Å². The number of carbonyl (C=O) groups is 2. The van der Waals surface area contributed by atoms with Gasteiger partial charge in [0.25, 0.3) is 5.91 Å². The highest BCUT2D eigenvalue weighted by Crippen LogP contribution is 2.13. The van der Waals surface area contributed by atoms with E-state index in [2.05, 4.69) is 10.6 Å². The van der Waals surface area contributed by atoms with Crippen LogP contribution >= 0.6 is 0 Å². The molecule has 0 saturated heterocycles. The van der Waals surface area contributed by atoms with Gasteiger partial charge in [0.15, 0.2) is 0 Å². The molecule has 0 spiro atoms. The van der Waals surface area contributed by atoms with E-state index in [1.54, 1.807) is 13.8 Å². The molecule has 134 valence electrons. The second-order valence-electron chi connectivity index (χ2n) is 6.15. The summed E-state index contributed by atoms with van der Waals surface area (Å²) in [7, 11) is 0. The Hall–Kier alpha value is -2.02. The predicted molar refractivity (Wildman–Crippen MR) is 86.3 cm³/mol. The van der Waals surface area contributed by atoms with Crippen LogP contribution in [0.5, 0.6) is 0 Å². The second kappa shape index (κ2) is 9.32. The Morgan fingerprint density at radius 3 is 2.25 bits per heavy atom. The van der Waals surface area contributed by atoms with Crippen molar-refractivity contribution in [3.8, 4) is 0 Å². The zero-order valence-electron chi connectivity index (χ0n) is 14.1. The van der Waals surface area contributed by atoms with E-state index in [1.165, 1.54) is 0 Å². The smallest absolute Gasteiger partial charge is 0.257 e. The average molecular weight is 342 g/mol. The number of rotatable bonds is 8. The molecular weight excluding hydrogens is 318 g/mol. The van der Waals surface area contributed by atoms with Crippen molar-refractivity contribution >= 4 is 11.8 Å². The molecule has 0 aromatic heterocycles. The van der Waals surface area contributed by atoms with Gasteiger partial charge in [0.2, 0.25) is 5.91 Å². The van der Waals surface area contributed by atoms with Crippen LogP contribution in [0.15, 0.2) is 18.2 Å². The molecule has 0 saturated carbocycles. The van der Waals surface area contributed by atoms with Crippen LogP contribution in [0, 0.1) is 23.5 Å². The Bertz CT molecular complexity index is 559. The van der Waals surface area contributed by atoms with E-state index in [0.29, 0.717) is 13.0 Å². The van der Waals surface area contributed by atoms with Gasteiger partial charge in [-0.1, -0.05) is 26.8 Å². The largest absolute Gasteiger partial charge is 0.396 e. The van der Waals surface area contributed by atoms with Crippen LogP contribution in [0.25, 0.3) is 0 Å². The fraction of sp³-hybridized carbons (Fsp3) is 0.529. The molecule has 0 aliphatic heterocycles. The number of hydrogen-bond donors (Lipinski definition) is 3. The van der Waals surface area contributed by atoms with Crippen molar-refractivity contribution in [1.82, 2.24) is 10.6 Å². The highest BCUT2D eigenvalue weighted by atomic mass is 19.1. The lowest BCUT2D eigenvalue weighted by Crippen LogP contribution is -2.50. The van der Waals surface area contributed by atoms with Crippen molar-refractivity contribution in [2.24, 2.45) is 11.8 Å². The predicted octanol–water partition coefficient (Wildman–Crippen LogP) is 1.85. The lowest BCUT2D eigenvalue weighted by Gasteiger charge is -2.23. The van der Waals surface area contributed by atoms with E-state index < -0.39 is 35.1 Å². The molecule has 0 heterocycles. The van der Waals surface area contributed by atoms with E-state index in [4.69, 9.17) is 5.11 Å². The van der Waals surface area contributed by atoms with Crippen molar-refractivity contribution in [2.45, 2.75) is 33.2 Å². The molecule has 5 nitrogen and oxygen atoms in total. The number of halogens is 2. The minimum Gasteiger partial charge on any atom is -0.396 e. The van der Waals surface area contributed by atoms with Gasteiger partial charge in [0.05, 0.1) is 0 Å². The Labute approximate surface area is 140 Å². The highest BCUT2D eigenvalue weighted by Gasteiger charge is 2.27. The van der Waals surface area contributed by atoms with Crippen molar-refractivity contribution in [3.63, 3.8) is 0 Å². The molecule has 3 N–H and O–H groups in total. The maximum atomic E-state index is 13.7. The first-order chi connectivity index (χ1) is 11.3. The van der Waals surface area contributed by atoms with Crippen LogP contribution in [0.4, 0.5) is 8.78 Å². The Balaban J connectivity index is 2.79. The van der Waals surface area contributed by atoms with E-state index in [9.17, 15) is 18.4 Å². The number of amides is 2. The maximum absolute atomic E-state index is 13.7. The van der Waals surface area contributed by atoms with Gasteiger partial charge in [-0.15, -0.1) is 0 Å². The third-order valence-corrected chi connectivity index (χ3v) is 3.67. The summed E-state index contributed by atoms with van der Waals surface area (Å²) in [5.74, 6) is -3.55. The normalized spacial score (nSPS) is 13.5. The summed E-state index contributed by atoms with van der Waals surface area (Å²) in [4.78, 5) is 24.4. The first-order valence-corrected chi connectivity index (χ1v) is 7.91. The molecule has 7 heteroatoms. The number of benzene rings is 1. The van der Waals surface area contributed by atoms with E-state index in [1.807, 2.05) is 6.92 Å². The van der Waals surface area contributed by atoms with Crippen LogP contribution in [0.2, 0.25) is 0 Å². The first-order valence-electron chi connectivity index (χ1n) is 7.91. The molecule has 2 atom stereocenters. The van der Waals surface area contributed by atoms with Gasteiger partial charge in [0, 0.05) is 13.2 Å². The molecule has 1 aromatic carbocycles. The fourth-order valence-corrected chi connectivity index (χ4v) is 2.17. The molecular formula is C17H24F2N2O3. The third-order valence-electron chi connectivity index (χ3n) is 3.67. The van der Waals surface area contributed by atoms with E-state index in [0.717, 1.165) is 18.2 Å². The van der Waals surface area contributed by atoms with Crippen molar-refractivity contribution in [2.75, 3.05) is 13.2 Å². The summed E-state index contributed by atoms with van der Waals surface area (Å²) >= 11 is 0. The van der Waals surface area contributed by atoms with E-state index in [-0.39, 0.29) is 18.4 Å². The minimum atomic E-state index is -0.980. The number of hydrogen-bond acceptors (Lipinski definition) is 3. The molecule has 0 bridgehead atoms. The van der Waals surface area contributed by atoms with Gasteiger partial charge in [-0.2, -0.15) is 0 Å². The zero-order chi connectivity index (χ0) is 18.3. The quantitative estimate of drug-likeness (QED) is 0.675. The maximum Gasteiger partial charge on any atom is 0.257 e. The van der Waals surface area contributed by atoms with Gasteiger partial charge >= 0.3 is 0 Å². The molecule has 0 aliphatic rings. The monoisotopic (exact) mass is 342 g/mol. The van der Waals surface area contributed by atoms with Crippen LogP contribution in [0.1, 0.15) is 37.6 Å². The zero-order valence-corrected chi connectivity index (χ0v) is 14.1. The lowest BCUT2D eigenvalue weighted by molar-refractivity contribution is -0.124. The second-order valence-corrected chi connectivity index (χ2v) is 6.15. The van der Waals surface area contributed by atoms with E-state index >= 15 is 0 Å². The standard InChI is InChI=1S/C17H24F2N2O3/c1-10(2)15(17(24)20-9-11(3)7-8-22)21-16(23)14-12(18)5-4-6-13(14)19/h4-6,10-11,15,22H,7-9H2,1-3H3,(H,20,24)(H,21,23). The number of aliphatic hydroxyl groups excluding tert-OH is 1. The van der Waals surface area contributed by atoms with Gasteiger partial charge in [-0.25, -0.2) is 8.78 Å². The highest BCUT2D eigenvalue weighted by molar-refractivity contribution is 5.98. The minimum absolute atomic E-state index is 0.0218. The average Bonchev–Trinajstić information content (AvgIpc) is 2.50. The summed E-state index contributed by atoms with van der Waals surface area (Å²) in [6, 6.07) is 2.21. The van der Waals surface area contributed by atoms with Crippen LogP contribution < -0.4 is 10.6 Å². The molecule has 0 radical (unpaired) electrons. The molecule has 1 aromatic rings. The van der Waals surface area contributed by atoms with Gasteiger partial charge in [-0.3, -0.25) is 9.59 Å². The van der Waals surface area contributed by atoms with Crippen LogP contribution in [0.3, 0.4) is 0 Å². The topological polar surface area (TPSA) is 78.4 Å². The number of aliphatic hydroxyl groups is 1.